The van der Waals surface area contributed by atoms with Gasteiger partial charge >= 0.3 is 0 Å². The van der Waals surface area contributed by atoms with Gasteiger partial charge in [-0.3, -0.25) is 9.59 Å². The topological polar surface area (TPSA) is 119 Å². The molecule has 0 radical (unpaired) electrons. The summed E-state index contributed by atoms with van der Waals surface area (Å²) in [4.78, 5) is 25.4. The summed E-state index contributed by atoms with van der Waals surface area (Å²) in [6, 6.07) is 0. The van der Waals surface area contributed by atoms with E-state index in [9.17, 15) is 14.7 Å². The van der Waals surface area contributed by atoms with Gasteiger partial charge in [0, 0.05) is 17.8 Å². The molecule has 0 spiro atoms. The van der Waals surface area contributed by atoms with Crippen LogP contribution in [0.3, 0.4) is 0 Å². The molecular weight excluding hydrogens is 604 g/mol. The van der Waals surface area contributed by atoms with Gasteiger partial charge in [0.25, 0.3) is 0 Å². The summed E-state index contributed by atoms with van der Waals surface area (Å²) in [5.41, 5.74) is 0. The van der Waals surface area contributed by atoms with Crippen molar-refractivity contribution in [2.24, 2.45) is 47.3 Å². The van der Waals surface area contributed by atoms with Crippen molar-refractivity contribution in [3.8, 4) is 0 Å². The molecule has 10 heteroatoms. The van der Waals surface area contributed by atoms with E-state index < -0.39 is 43.3 Å². The lowest BCUT2D eigenvalue weighted by Gasteiger charge is -2.51. The minimum atomic E-state index is -0.917. The van der Waals surface area contributed by atoms with E-state index in [0.29, 0.717) is 12.3 Å². The molecule has 4 heterocycles. The molecule has 1 N–H and O–H groups in total. The number of Topliss-reactive ketones (excluding diaryl/α,β-unsaturated/α-hetero) is 2. The zero-order chi connectivity index (χ0) is 35.1. The van der Waals surface area contributed by atoms with Crippen LogP contribution in [-0.4, -0.2) is 90.5 Å². The molecule has 0 aliphatic carbocycles. The summed E-state index contributed by atoms with van der Waals surface area (Å²) in [6.45, 7) is 26.0. The van der Waals surface area contributed by atoms with Crippen LogP contribution in [0.5, 0.6) is 0 Å². The first-order chi connectivity index (χ1) is 22.0. The SMILES string of the molecule is CCC1O[C@H](O[C@@H]2C(C(C)=O)O[C@@H](O[C@H]3C(CC)OC(C)C(C)[C@H]3C)C(C)[C@@H]2C)C(C)[C@@H](C)[C@@H]1O[C@@H]1OC(C(C)=O)[C@@H](O)[C@H](C)C1C. The van der Waals surface area contributed by atoms with E-state index in [1.165, 1.54) is 6.92 Å². The number of rotatable bonds is 10. The van der Waals surface area contributed by atoms with Gasteiger partial charge in [-0.2, -0.15) is 0 Å². The predicted octanol–water partition coefficient (Wildman–Crippen LogP) is 5.55. The maximum atomic E-state index is 13.1. The number of carbonyl (C=O) groups is 2. The van der Waals surface area contributed by atoms with Crippen LogP contribution >= 0.6 is 0 Å². The van der Waals surface area contributed by atoms with Gasteiger partial charge in [0.05, 0.1) is 42.7 Å². The third kappa shape index (κ3) is 7.85. The first kappa shape index (κ1) is 38.8. The summed E-state index contributed by atoms with van der Waals surface area (Å²) in [5.74, 6) is -0.146. The summed E-state index contributed by atoms with van der Waals surface area (Å²) in [7, 11) is 0. The maximum absolute atomic E-state index is 13.1. The number of carbonyl (C=O) groups excluding carboxylic acids is 2. The summed E-state index contributed by atoms with van der Waals surface area (Å²) < 4.78 is 45.6. The Balaban J connectivity index is 1.47. The minimum Gasteiger partial charge on any atom is -0.390 e. The Morgan fingerprint density at radius 1 is 0.511 bits per heavy atom. The number of ketones is 2. The Labute approximate surface area is 283 Å². The van der Waals surface area contributed by atoms with E-state index in [1.54, 1.807) is 6.92 Å². The standard InChI is InChI=1S/C37H64O10/c1-14-27-30(18(5)16(3)26(13)41-27)43-37-23(10)20(7)32(34(47-37)25(12)39)45-35-22(9)19(6)31(28(15-2)42-35)44-36-21(8)17(4)29(40)33(46-36)24(11)38/h16-23,26-37,40H,14-15H2,1-13H3/t16?,17-,18-,19-,20+,21?,22?,23?,26?,27?,28?,29+,30-,31+,32+,33?,34?,35-,36-,37-/m1/s1. The van der Waals surface area contributed by atoms with Crippen molar-refractivity contribution in [3.63, 3.8) is 0 Å². The molecule has 0 amide bonds. The Morgan fingerprint density at radius 2 is 0.894 bits per heavy atom. The third-order valence-corrected chi connectivity index (χ3v) is 12.5. The highest BCUT2D eigenvalue weighted by atomic mass is 16.7. The molecule has 4 aliphatic heterocycles. The van der Waals surface area contributed by atoms with Crippen LogP contribution in [0.4, 0.5) is 0 Å². The van der Waals surface area contributed by atoms with Crippen LogP contribution < -0.4 is 0 Å². The fourth-order valence-electron chi connectivity index (χ4n) is 8.03. The Hall–Kier alpha value is -0.980. The monoisotopic (exact) mass is 668 g/mol. The third-order valence-electron chi connectivity index (χ3n) is 12.5. The Morgan fingerprint density at radius 3 is 1.38 bits per heavy atom. The number of aliphatic hydroxyl groups excluding tert-OH is 1. The van der Waals surface area contributed by atoms with Crippen LogP contribution in [0.1, 0.15) is 103 Å². The summed E-state index contributed by atoms with van der Waals surface area (Å²) in [5, 5.41) is 10.6. The maximum Gasteiger partial charge on any atom is 0.162 e. The number of aliphatic hydroxyl groups is 1. The molecule has 47 heavy (non-hydrogen) atoms. The zero-order valence-electron chi connectivity index (χ0n) is 31.1. The van der Waals surface area contributed by atoms with Crippen LogP contribution in [-0.2, 0) is 42.7 Å². The highest BCUT2D eigenvalue weighted by Crippen LogP contribution is 2.43. The quantitative estimate of drug-likeness (QED) is 0.317. The van der Waals surface area contributed by atoms with Gasteiger partial charge in [-0.25, -0.2) is 0 Å². The smallest absolute Gasteiger partial charge is 0.162 e. The first-order valence-electron chi connectivity index (χ1n) is 18.3. The second-order valence-electron chi connectivity index (χ2n) is 15.5. The first-order valence-corrected chi connectivity index (χ1v) is 18.3. The van der Waals surface area contributed by atoms with E-state index in [-0.39, 0.29) is 83.5 Å². The number of hydrogen-bond donors (Lipinski definition) is 1. The molecule has 4 saturated heterocycles. The lowest BCUT2D eigenvalue weighted by atomic mass is 9.80. The molecule has 0 aromatic carbocycles. The molecule has 0 aromatic rings. The van der Waals surface area contributed by atoms with Gasteiger partial charge in [0.15, 0.2) is 30.4 Å². The average Bonchev–Trinajstić information content (AvgIpc) is 3.03. The lowest BCUT2D eigenvalue weighted by molar-refractivity contribution is -0.351. The van der Waals surface area contributed by atoms with E-state index >= 15 is 0 Å². The Bertz CT molecular complexity index is 1050. The van der Waals surface area contributed by atoms with E-state index in [2.05, 4.69) is 55.4 Å². The fraction of sp³-hybridized carbons (Fsp3) is 0.946. The van der Waals surface area contributed by atoms with Crippen molar-refractivity contribution in [1.82, 2.24) is 0 Å². The second-order valence-corrected chi connectivity index (χ2v) is 15.5. The van der Waals surface area contributed by atoms with Crippen molar-refractivity contribution >= 4 is 11.6 Å². The number of ether oxygens (including phenoxy) is 7. The molecule has 9 unspecified atom stereocenters. The molecule has 0 aromatic heterocycles. The van der Waals surface area contributed by atoms with E-state index in [4.69, 9.17) is 33.2 Å². The Kier molecular flexibility index (Phi) is 13.1. The molecule has 4 fully saturated rings. The average molecular weight is 669 g/mol. The van der Waals surface area contributed by atoms with Crippen molar-refractivity contribution < 1.29 is 47.9 Å². The summed E-state index contributed by atoms with van der Waals surface area (Å²) >= 11 is 0. The normalized spacial score (nSPS) is 51.0. The van der Waals surface area contributed by atoms with Crippen molar-refractivity contribution in [3.05, 3.63) is 0 Å². The molecule has 4 rings (SSSR count). The molecular formula is C37H64O10. The van der Waals surface area contributed by atoms with E-state index in [0.717, 1.165) is 6.42 Å². The molecule has 4 aliphatic rings. The highest BCUT2D eigenvalue weighted by Gasteiger charge is 2.52. The molecule has 0 bridgehead atoms. The van der Waals surface area contributed by atoms with Crippen LogP contribution in [0, 0.1) is 47.3 Å². The van der Waals surface area contributed by atoms with Gasteiger partial charge in [0.2, 0.25) is 0 Å². The molecule has 10 nitrogen and oxygen atoms in total. The van der Waals surface area contributed by atoms with Crippen molar-refractivity contribution in [1.29, 1.82) is 0 Å². The molecule has 20 atom stereocenters. The van der Waals surface area contributed by atoms with Crippen molar-refractivity contribution in [2.75, 3.05) is 0 Å². The minimum absolute atomic E-state index is 0.0136. The summed E-state index contributed by atoms with van der Waals surface area (Å²) in [6.07, 6.45) is -4.00. The predicted molar refractivity (Wildman–Crippen MR) is 176 cm³/mol. The van der Waals surface area contributed by atoms with Crippen LogP contribution in [0.2, 0.25) is 0 Å². The second kappa shape index (κ2) is 15.9. The molecule has 272 valence electrons. The van der Waals surface area contributed by atoms with Crippen LogP contribution in [0.15, 0.2) is 0 Å². The zero-order valence-corrected chi connectivity index (χ0v) is 31.1. The highest BCUT2D eigenvalue weighted by molar-refractivity contribution is 5.81. The van der Waals surface area contributed by atoms with Gasteiger partial charge in [-0.05, 0) is 63.2 Å². The lowest BCUT2D eigenvalue weighted by Crippen LogP contribution is -2.60. The van der Waals surface area contributed by atoms with Gasteiger partial charge in [0.1, 0.15) is 12.2 Å². The largest absolute Gasteiger partial charge is 0.390 e. The number of hydrogen-bond acceptors (Lipinski definition) is 10. The molecule has 0 saturated carbocycles. The van der Waals surface area contributed by atoms with Gasteiger partial charge < -0.3 is 38.3 Å². The van der Waals surface area contributed by atoms with Crippen LogP contribution in [0.25, 0.3) is 0 Å². The van der Waals surface area contributed by atoms with Gasteiger partial charge in [-0.15, -0.1) is 0 Å². The van der Waals surface area contributed by atoms with E-state index in [1.807, 2.05) is 20.8 Å². The van der Waals surface area contributed by atoms with Crippen molar-refractivity contribution in [2.45, 2.75) is 177 Å². The van der Waals surface area contributed by atoms with Gasteiger partial charge in [-0.1, -0.05) is 69.2 Å². The fourth-order valence-corrected chi connectivity index (χ4v) is 8.03.